The van der Waals surface area contributed by atoms with E-state index in [1.807, 2.05) is 13.0 Å². The Morgan fingerprint density at radius 3 is 2.64 bits per heavy atom. The van der Waals surface area contributed by atoms with Crippen LogP contribution in [-0.2, 0) is 0 Å². The van der Waals surface area contributed by atoms with Gasteiger partial charge in [0.2, 0.25) is 0 Å². The molecule has 0 unspecified atom stereocenters. The Kier molecular flexibility index (Phi) is 1.85. The summed E-state index contributed by atoms with van der Waals surface area (Å²) in [6.07, 6.45) is 0. The van der Waals surface area contributed by atoms with Crippen LogP contribution in [0.25, 0.3) is 5.70 Å². The van der Waals surface area contributed by atoms with E-state index < -0.39 is 0 Å². The van der Waals surface area contributed by atoms with Crippen LogP contribution >= 0.6 is 0 Å². The van der Waals surface area contributed by atoms with E-state index in [0.717, 1.165) is 11.1 Å². The quantitative estimate of drug-likeness (QED) is 0.637. The van der Waals surface area contributed by atoms with Crippen LogP contribution in [0.1, 0.15) is 11.1 Å². The molecule has 0 bridgehead atoms. The van der Waals surface area contributed by atoms with Gasteiger partial charge in [0.15, 0.2) is 0 Å². The predicted molar refractivity (Wildman–Crippen MR) is 46.1 cm³/mol. The third kappa shape index (κ3) is 1.34. The summed E-state index contributed by atoms with van der Waals surface area (Å²) in [6.45, 7) is 5.40. The van der Waals surface area contributed by atoms with Crippen molar-refractivity contribution in [3.8, 4) is 5.75 Å². The highest BCUT2D eigenvalue weighted by Gasteiger charge is 2.01. The van der Waals surface area contributed by atoms with Crippen LogP contribution in [0.5, 0.6) is 5.75 Å². The normalized spacial score (nSPS) is 9.55. The van der Waals surface area contributed by atoms with Crippen LogP contribution in [0.4, 0.5) is 0 Å². The molecule has 3 N–H and O–H groups in total. The minimum atomic E-state index is 0.258. The van der Waals surface area contributed by atoms with Gasteiger partial charge in [-0.25, -0.2) is 0 Å². The summed E-state index contributed by atoms with van der Waals surface area (Å²) in [5.41, 5.74) is 7.55. The maximum Gasteiger partial charge on any atom is 0.119 e. The second kappa shape index (κ2) is 2.66. The zero-order valence-corrected chi connectivity index (χ0v) is 6.46. The maximum atomic E-state index is 9.25. The molecule has 11 heavy (non-hydrogen) atoms. The lowest BCUT2D eigenvalue weighted by atomic mass is 10.1. The molecule has 0 aliphatic heterocycles. The summed E-state index contributed by atoms with van der Waals surface area (Å²) in [5.74, 6) is 0.258. The minimum absolute atomic E-state index is 0.258. The van der Waals surface area contributed by atoms with Crippen LogP contribution in [0, 0.1) is 6.92 Å². The van der Waals surface area contributed by atoms with E-state index in [9.17, 15) is 5.11 Å². The summed E-state index contributed by atoms with van der Waals surface area (Å²) in [7, 11) is 0. The Bertz CT molecular complexity index is 292. The van der Waals surface area contributed by atoms with E-state index in [0.29, 0.717) is 5.70 Å². The SMILES string of the molecule is C=C(N)c1cccc(O)c1C. The van der Waals surface area contributed by atoms with Crippen molar-refractivity contribution in [2.24, 2.45) is 5.73 Å². The second-order valence-electron chi connectivity index (χ2n) is 2.47. The van der Waals surface area contributed by atoms with Gasteiger partial charge in [0.05, 0.1) is 0 Å². The number of nitrogens with two attached hydrogens (primary N) is 1. The van der Waals surface area contributed by atoms with Crippen LogP contribution < -0.4 is 5.73 Å². The molecule has 2 heteroatoms. The van der Waals surface area contributed by atoms with Crippen molar-refractivity contribution in [3.63, 3.8) is 0 Å². The Hall–Kier alpha value is -1.44. The van der Waals surface area contributed by atoms with Crippen LogP contribution in [0.3, 0.4) is 0 Å². The van der Waals surface area contributed by atoms with Gasteiger partial charge in [-0.2, -0.15) is 0 Å². The van der Waals surface area contributed by atoms with Crippen LogP contribution in [-0.4, -0.2) is 5.11 Å². The number of phenolic OH excluding ortho intramolecular Hbond substituents is 1. The molecule has 0 radical (unpaired) electrons. The Morgan fingerprint density at radius 1 is 1.55 bits per heavy atom. The molecule has 1 aromatic rings. The van der Waals surface area contributed by atoms with Gasteiger partial charge < -0.3 is 10.8 Å². The zero-order chi connectivity index (χ0) is 8.43. The molecule has 0 aliphatic carbocycles. The highest BCUT2D eigenvalue weighted by molar-refractivity contribution is 5.65. The number of hydrogen-bond acceptors (Lipinski definition) is 2. The summed E-state index contributed by atoms with van der Waals surface area (Å²) < 4.78 is 0. The van der Waals surface area contributed by atoms with Gasteiger partial charge in [-0.05, 0) is 13.0 Å². The van der Waals surface area contributed by atoms with Gasteiger partial charge in [-0.15, -0.1) is 0 Å². The molecular formula is C9H11NO. The van der Waals surface area contributed by atoms with Gasteiger partial charge in [0, 0.05) is 16.8 Å². The van der Waals surface area contributed by atoms with E-state index in [4.69, 9.17) is 5.73 Å². The molecule has 0 aliphatic rings. The van der Waals surface area contributed by atoms with E-state index in [1.165, 1.54) is 0 Å². The maximum absolute atomic E-state index is 9.25. The average Bonchev–Trinajstić information content (AvgIpc) is 1.94. The van der Waals surface area contributed by atoms with E-state index in [2.05, 4.69) is 6.58 Å². The molecule has 0 amide bonds. The summed E-state index contributed by atoms with van der Waals surface area (Å²) in [4.78, 5) is 0. The van der Waals surface area contributed by atoms with Crippen molar-refractivity contribution < 1.29 is 5.11 Å². The molecule has 1 aromatic carbocycles. The Morgan fingerprint density at radius 2 is 2.18 bits per heavy atom. The van der Waals surface area contributed by atoms with E-state index in [1.54, 1.807) is 12.1 Å². The zero-order valence-electron chi connectivity index (χ0n) is 6.46. The standard InChI is InChI=1S/C9H11NO/c1-6-8(7(2)10)4-3-5-9(6)11/h3-5,11H,2,10H2,1H3. The monoisotopic (exact) mass is 149 g/mol. The fourth-order valence-corrected chi connectivity index (χ4v) is 0.971. The second-order valence-corrected chi connectivity index (χ2v) is 2.47. The average molecular weight is 149 g/mol. The summed E-state index contributed by atoms with van der Waals surface area (Å²) in [5, 5.41) is 9.25. The predicted octanol–water partition coefficient (Wildman–Crippen LogP) is 1.63. The van der Waals surface area contributed by atoms with Gasteiger partial charge in [-0.3, -0.25) is 0 Å². The summed E-state index contributed by atoms with van der Waals surface area (Å²) in [6, 6.07) is 5.20. The van der Waals surface area contributed by atoms with Crippen LogP contribution in [0.2, 0.25) is 0 Å². The lowest BCUT2D eigenvalue weighted by Crippen LogP contribution is -1.96. The topological polar surface area (TPSA) is 46.2 Å². The molecule has 0 spiro atoms. The Labute approximate surface area is 66.0 Å². The van der Waals surface area contributed by atoms with Gasteiger partial charge >= 0.3 is 0 Å². The number of rotatable bonds is 1. The van der Waals surface area contributed by atoms with Gasteiger partial charge in [0.25, 0.3) is 0 Å². The summed E-state index contributed by atoms with van der Waals surface area (Å²) >= 11 is 0. The molecule has 1 rings (SSSR count). The third-order valence-electron chi connectivity index (χ3n) is 1.65. The molecule has 0 fully saturated rings. The molecule has 0 heterocycles. The highest BCUT2D eigenvalue weighted by Crippen LogP contribution is 2.21. The molecule has 0 saturated heterocycles. The number of benzene rings is 1. The molecule has 0 saturated carbocycles. The van der Waals surface area contributed by atoms with Crippen molar-refractivity contribution in [2.45, 2.75) is 6.92 Å². The fourth-order valence-electron chi connectivity index (χ4n) is 0.971. The van der Waals surface area contributed by atoms with Crippen molar-refractivity contribution in [3.05, 3.63) is 35.9 Å². The number of hydrogen-bond donors (Lipinski definition) is 2. The number of phenols is 1. The minimum Gasteiger partial charge on any atom is -0.508 e. The molecule has 0 atom stereocenters. The largest absolute Gasteiger partial charge is 0.508 e. The molecule has 0 aromatic heterocycles. The van der Waals surface area contributed by atoms with E-state index in [-0.39, 0.29) is 5.75 Å². The lowest BCUT2D eigenvalue weighted by Gasteiger charge is -2.05. The lowest BCUT2D eigenvalue weighted by molar-refractivity contribution is 0.471. The first kappa shape index (κ1) is 7.66. The third-order valence-corrected chi connectivity index (χ3v) is 1.65. The highest BCUT2D eigenvalue weighted by atomic mass is 16.3. The molecule has 58 valence electrons. The van der Waals surface area contributed by atoms with Crippen LogP contribution in [0.15, 0.2) is 24.8 Å². The smallest absolute Gasteiger partial charge is 0.119 e. The fraction of sp³-hybridized carbons (Fsp3) is 0.111. The van der Waals surface area contributed by atoms with Crippen molar-refractivity contribution in [2.75, 3.05) is 0 Å². The van der Waals surface area contributed by atoms with Crippen molar-refractivity contribution in [1.82, 2.24) is 0 Å². The van der Waals surface area contributed by atoms with E-state index >= 15 is 0 Å². The van der Waals surface area contributed by atoms with Gasteiger partial charge in [-0.1, -0.05) is 18.7 Å². The number of aromatic hydroxyl groups is 1. The van der Waals surface area contributed by atoms with Crippen molar-refractivity contribution >= 4 is 5.70 Å². The first-order valence-corrected chi connectivity index (χ1v) is 3.36. The Balaban J connectivity index is 3.27. The first-order valence-electron chi connectivity index (χ1n) is 3.36. The van der Waals surface area contributed by atoms with Gasteiger partial charge in [0.1, 0.15) is 5.75 Å². The first-order chi connectivity index (χ1) is 5.13. The van der Waals surface area contributed by atoms with Crippen molar-refractivity contribution in [1.29, 1.82) is 0 Å². The molecule has 2 nitrogen and oxygen atoms in total. The molecular weight excluding hydrogens is 138 g/mol.